The van der Waals surface area contributed by atoms with Gasteiger partial charge in [-0.05, 0) is 25.0 Å². The van der Waals surface area contributed by atoms with E-state index in [1.165, 1.54) is 12.8 Å². The van der Waals surface area contributed by atoms with Crippen molar-refractivity contribution in [3.05, 3.63) is 24.0 Å². The molecule has 0 radical (unpaired) electrons. The normalized spacial score (nSPS) is 17.1. The molecule has 1 saturated carbocycles. The first-order chi connectivity index (χ1) is 6.84. The van der Waals surface area contributed by atoms with Gasteiger partial charge in [-0.3, -0.25) is 4.79 Å². The van der Waals surface area contributed by atoms with Crippen LogP contribution in [-0.2, 0) is 11.2 Å². The van der Waals surface area contributed by atoms with Crippen LogP contribution in [0.2, 0.25) is 0 Å². The average Bonchev–Trinajstić information content (AvgIpc) is 2.76. The molecule has 0 atom stereocenters. The number of amides is 1. The molecular formula is C11H16N2O. The molecule has 0 aromatic carbocycles. The van der Waals surface area contributed by atoms with Crippen LogP contribution in [0.4, 0.5) is 0 Å². The zero-order valence-corrected chi connectivity index (χ0v) is 8.25. The smallest absolute Gasteiger partial charge is 0.226 e. The lowest BCUT2D eigenvalue weighted by Crippen LogP contribution is -2.33. The minimum atomic E-state index is 0.138. The van der Waals surface area contributed by atoms with E-state index >= 15 is 0 Å². The molecule has 76 valence electrons. The highest BCUT2D eigenvalue weighted by Gasteiger charge is 2.16. The van der Waals surface area contributed by atoms with Gasteiger partial charge in [0.05, 0.1) is 6.42 Å². The van der Waals surface area contributed by atoms with Crippen molar-refractivity contribution >= 4 is 5.91 Å². The SMILES string of the molecule is O=C(Cc1ccc[nH]1)NC1CCCC1. The van der Waals surface area contributed by atoms with Gasteiger partial charge in [0.25, 0.3) is 0 Å². The number of carbonyl (C=O) groups is 1. The van der Waals surface area contributed by atoms with Gasteiger partial charge in [0.2, 0.25) is 5.91 Å². The van der Waals surface area contributed by atoms with E-state index in [4.69, 9.17) is 0 Å². The number of hydrogen-bond donors (Lipinski definition) is 2. The molecule has 0 saturated heterocycles. The Morgan fingerprint density at radius 2 is 2.29 bits per heavy atom. The van der Waals surface area contributed by atoms with Crippen molar-refractivity contribution in [1.82, 2.24) is 10.3 Å². The Bertz CT molecular complexity index is 286. The minimum absolute atomic E-state index is 0.138. The van der Waals surface area contributed by atoms with Gasteiger partial charge >= 0.3 is 0 Å². The quantitative estimate of drug-likeness (QED) is 0.751. The average molecular weight is 192 g/mol. The lowest BCUT2D eigenvalue weighted by atomic mass is 10.2. The summed E-state index contributed by atoms with van der Waals surface area (Å²) in [5, 5.41) is 3.06. The van der Waals surface area contributed by atoms with Crippen molar-refractivity contribution in [3.8, 4) is 0 Å². The maximum atomic E-state index is 11.5. The fraction of sp³-hybridized carbons (Fsp3) is 0.545. The fourth-order valence-corrected chi connectivity index (χ4v) is 2.00. The van der Waals surface area contributed by atoms with Gasteiger partial charge in [-0.15, -0.1) is 0 Å². The number of aromatic amines is 1. The van der Waals surface area contributed by atoms with Crippen LogP contribution >= 0.6 is 0 Å². The fourth-order valence-electron chi connectivity index (χ4n) is 2.00. The third-order valence-electron chi connectivity index (χ3n) is 2.73. The molecule has 1 fully saturated rings. The van der Waals surface area contributed by atoms with E-state index in [1.54, 1.807) is 0 Å². The standard InChI is InChI=1S/C11H16N2O/c14-11(8-10-6-3-7-12-10)13-9-4-1-2-5-9/h3,6-7,9,12H,1-2,4-5,8H2,(H,13,14). The highest BCUT2D eigenvalue weighted by molar-refractivity contribution is 5.78. The van der Waals surface area contributed by atoms with Gasteiger partial charge in [-0.25, -0.2) is 0 Å². The molecule has 0 unspecified atom stereocenters. The summed E-state index contributed by atoms with van der Waals surface area (Å²) in [4.78, 5) is 14.6. The Morgan fingerprint density at radius 1 is 1.50 bits per heavy atom. The summed E-state index contributed by atoms with van der Waals surface area (Å²) in [5.41, 5.74) is 0.987. The van der Waals surface area contributed by atoms with Crippen LogP contribution in [0.25, 0.3) is 0 Å². The van der Waals surface area contributed by atoms with Crippen molar-refractivity contribution < 1.29 is 4.79 Å². The minimum Gasteiger partial charge on any atom is -0.365 e. The molecule has 0 aliphatic heterocycles. The maximum absolute atomic E-state index is 11.5. The number of nitrogens with one attached hydrogen (secondary N) is 2. The number of rotatable bonds is 3. The van der Waals surface area contributed by atoms with Gasteiger partial charge in [0.1, 0.15) is 0 Å². The molecule has 1 aromatic rings. The van der Waals surface area contributed by atoms with Crippen LogP contribution in [0.15, 0.2) is 18.3 Å². The van der Waals surface area contributed by atoms with E-state index in [0.29, 0.717) is 12.5 Å². The van der Waals surface area contributed by atoms with Crippen LogP contribution in [-0.4, -0.2) is 16.9 Å². The van der Waals surface area contributed by atoms with Crippen molar-refractivity contribution in [2.24, 2.45) is 0 Å². The third kappa shape index (κ3) is 2.37. The first-order valence-electron chi connectivity index (χ1n) is 5.26. The summed E-state index contributed by atoms with van der Waals surface area (Å²) in [7, 11) is 0. The zero-order chi connectivity index (χ0) is 9.80. The summed E-state index contributed by atoms with van der Waals surface area (Å²) in [6, 6.07) is 4.28. The van der Waals surface area contributed by atoms with Crippen molar-refractivity contribution in [2.75, 3.05) is 0 Å². The highest BCUT2D eigenvalue weighted by Crippen LogP contribution is 2.17. The molecule has 0 bridgehead atoms. The van der Waals surface area contributed by atoms with E-state index in [1.807, 2.05) is 18.3 Å². The van der Waals surface area contributed by atoms with Crippen LogP contribution in [0.1, 0.15) is 31.4 Å². The number of H-pyrrole nitrogens is 1. The third-order valence-corrected chi connectivity index (χ3v) is 2.73. The van der Waals surface area contributed by atoms with Crippen LogP contribution in [0, 0.1) is 0 Å². The molecule has 3 nitrogen and oxygen atoms in total. The van der Waals surface area contributed by atoms with Crippen molar-refractivity contribution in [1.29, 1.82) is 0 Å². The van der Waals surface area contributed by atoms with Crippen LogP contribution in [0.5, 0.6) is 0 Å². The summed E-state index contributed by atoms with van der Waals surface area (Å²) in [5.74, 6) is 0.138. The molecule has 3 heteroatoms. The predicted molar refractivity (Wildman–Crippen MR) is 54.9 cm³/mol. The topological polar surface area (TPSA) is 44.9 Å². The van der Waals surface area contributed by atoms with Gasteiger partial charge < -0.3 is 10.3 Å². The Hall–Kier alpha value is -1.25. The number of hydrogen-bond acceptors (Lipinski definition) is 1. The molecule has 1 aliphatic carbocycles. The van der Waals surface area contributed by atoms with Gasteiger partial charge in [0, 0.05) is 17.9 Å². The van der Waals surface area contributed by atoms with Gasteiger partial charge in [-0.2, -0.15) is 0 Å². The second-order valence-electron chi connectivity index (χ2n) is 3.92. The number of carbonyl (C=O) groups excluding carboxylic acids is 1. The first kappa shape index (κ1) is 9.31. The second-order valence-corrected chi connectivity index (χ2v) is 3.92. The van der Waals surface area contributed by atoms with E-state index in [2.05, 4.69) is 10.3 Å². The van der Waals surface area contributed by atoms with E-state index in [9.17, 15) is 4.79 Å². The van der Waals surface area contributed by atoms with Gasteiger partial charge in [0.15, 0.2) is 0 Å². The maximum Gasteiger partial charge on any atom is 0.226 e. The summed E-state index contributed by atoms with van der Waals surface area (Å²) >= 11 is 0. The van der Waals surface area contributed by atoms with E-state index < -0.39 is 0 Å². The predicted octanol–water partition coefficient (Wildman–Crippen LogP) is 1.62. The number of aromatic nitrogens is 1. The molecular weight excluding hydrogens is 176 g/mol. The van der Waals surface area contributed by atoms with Crippen molar-refractivity contribution in [3.63, 3.8) is 0 Å². The lowest BCUT2D eigenvalue weighted by Gasteiger charge is -2.10. The molecule has 1 aromatic heterocycles. The Kier molecular flexibility index (Phi) is 2.87. The second kappa shape index (κ2) is 4.31. The monoisotopic (exact) mass is 192 g/mol. The Labute approximate surface area is 83.9 Å². The molecule has 1 heterocycles. The van der Waals surface area contributed by atoms with E-state index in [0.717, 1.165) is 18.5 Å². The molecule has 2 N–H and O–H groups in total. The lowest BCUT2D eigenvalue weighted by molar-refractivity contribution is -0.121. The molecule has 1 amide bonds. The van der Waals surface area contributed by atoms with Gasteiger partial charge in [-0.1, -0.05) is 12.8 Å². The summed E-state index contributed by atoms with van der Waals surface area (Å²) < 4.78 is 0. The van der Waals surface area contributed by atoms with Crippen LogP contribution in [0.3, 0.4) is 0 Å². The summed E-state index contributed by atoms with van der Waals surface area (Å²) in [6.07, 6.45) is 7.13. The largest absolute Gasteiger partial charge is 0.365 e. The molecule has 1 aliphatic rings. The molecule has 2 rings (SSSR count). The molecule has 14 heavy (non-hydrogen) atoms. The van der Waals surface area contributed by atoms with Crippen LogP contribution < -0.4 is 5.32 Å². The summed E-state index contributed by atoms with van der Waals surface area (Å²) in [6.45, 7) is 0. The highest BCUT2D eigenvalue weighted by atomic mass is 16.1. The van der Waals surface area contributed by atoms with Crippen molar-refractivity contribution in [2.45, 2.75) is 38.1 Å². The van der Waals surface area contributed by atoms with E-state index in [-0.39, 0.29) is 5.91 Å². The zero-order valence-electron chi connectivity index (χ0n) is 8.25. The Morgan fingerprint density at radius 3 is 2.93 bits per heavy atom. The first-order valence-corrected chi connectivity index (χ1v) is 5.26. The molecule has 0 spiro atoms. The Balaban J connectivity index is 1.78.